The smallest absolute Gasteiger partial charge is 0.150 e. The zero-order chi connectivity index (χ0) is 9.45. The SMILES string of the molecule is CCCCCC[C@@](O)(C#N)CC. The fourth-order valence-electron chi connectivity index (χ4n) is 1.16. The Morgan fingerprint density at radius 2 is 1.92 bits per heavy atom. The summed E-state index contributed by atoms with van der Waals surface area (Å²) in [6.45, 7) is 4.00. The molecule has 12 heavy (non-hydrogen) atoms. The first-order valence-corrected chi connectivity index (χ1v) is 4.82. The van der Waals surface area contributed by atoms with Crippen molar-refractivity contribution in [2.45, 2.75) is 58.0 Å². The average molecular weight is 169 g/mol. The zero-order valence-corrected chi connectivity index (χ0v) is 8.14. The Labute approximate surface area is 75.2 Å². The first-order valence-electron chi connectivity index (χ1n) is 4.82. The molecule has 0 aromatic rings. The van der Waals surface area contributed by atoms with Crippen molar-refractivity contribution < 1.29 is 5.11 Å². The highest BCUT2D eigenvalue weighted by Gasteiger charge is 2.22. The molecular formula is C10H19NO. The lowest BCUT2D eigenvalue weighted by atomic mass is 9.95. The summed E-state index contributed by atoms with van der Waals surface area (Å²) in [6, 6.07) is 1.96. The first kappa shape index (κ1) is 11.4. The lowest BCUT2D eigenvalue weighted by molar-refractivity contribution is 0.0823. The first-order chi connectivity index (χ1) is 5.68. The fraction of sp³-hybridized carbons (Fsp3) is 0.900. The summed E-state index contributed by atoms with van der Waals surface area (Å²) in [6.07, 6.45) is 5.64. The van der Waals surface area contributed by atoms with Gasteiger partial charge in [0.1, 0.15) is 0 Å². The van der Waals surface area contributed by atoms with Gasteiger partial charge in [0.15, 0.2) is 5.60 Å². The molecule has 0 fully saturated rings. The van der Waals surface area contributed by atoms with Crippen molar-refractivity contribution in [2.75, 3.05) is 0 Å². The fourth-order valence-corrected chi connectivity index (χ4v) is 1.16. The molecule has 0 unspecified atom stereocenters. The van der Waals surface area contributed by atoms with Gasteiger partial charge in [-0.05, 0) is 19.3 Å². The van der Waals surface area contributed by atoms with E-state index < -0.39 is 5.60 Å². The van der Waals surface area contributed by atoms with Crippen LogP contribution in [-0.2, 0) is 0 Å². The van der Waals surface area contributed by atoms with E-state index in [4.69, 9.17) is 5.26 Å². The molecule has 1 N–H and O–H groups in total. The standard InChI is InChI=1S/C10H19NO/c1-3-5-6-7-8-10(12,4-2)9-11/h12H,3-8H2,1-2H3/t10-/m1/s1. The van der Waals surface area contributed by atoms with Crippen molar-refractivity contribution in [3.05, 3.63) is 0 Å². The predicted molar refractivity (Wildman–Crippen MR) is 49.6 cm³/mol. The van der Waals surface area contributed by atoms with Crippen LogP contribution in [0.5, 0.6) is 0 Å². The summed E-state index contributed by atoms with van der Waals surface area (Å²) in [5.74, 6) is 0. The van der Waals surface area contributed by atoms with Gasteiger partial charge in [-0.25, -0.2) is 0 Å². The third kappa shape index (κ3) is 4.35. The maximum atomic E-state index is 9.57. The normalized spacial score (nSPS) is 15.2. The molecule has 0 aromatic carbocycles. The van der Waals surface area contributed by atoms with Crippen LogP contribution in [0.3, 0.4) is 0 Å². The lowest BCUT2D eigenvalue weighted by Gasteiger charge is -2.17. The van der Waals surface area contributed by atoms with Crippen molar-refractivity contribution in [2.24, 2.45) is 0 Å². The Morgan fingerprint density at radius 3 is 2.33 bits per heavy atom. The van der Waals surface area contributed by atoms with E-state index in [0.717, 1.165) is 12.8 Å². The second-order valence-corrected chi connectivity index (χ2v) is 3.31. The van der Waals surface area contributed by atoms with E-state index in [-0.39, 0.29) is 0 Å². The molecule has 0 aliphatic carbocycles. The van der Waals surface area contributed by atoms with Crippen LogP contribution in [0.15, 0.2) is 0 Å². The van der Waals surface area contributed by atoms with Crippen LogP contribution in [0, 0.1) is 11.3 Å². The molecule has 0 bridgehead atoms. The Balaban J connectivity index is 3.54. The molecule has 0 aliphatic heterocycles. The van der Waals surface area contributed by atoms with E-state index in [0.29, 0.717) is 12.8 Å². The molecule has 70 valence electrons. The molecule has 0 rings (SSSR count). The molecule has 0 heterocycles. The summed E-state index contributed by atoms with van der Waals surface area (Å²) in [4.78, 5) is 0. The second kappa shape index (κ2) is 6.02. The molecule has 0 amide bonds. The van der Waals surface area contributed by atoms with E-state index >= 15 is 0 Å². The van der Waals surface area contributed by atoms with E-state index in [1.165, 1.54) is 12.8 Å². The van der Waals surface area contributed by atoms with Crippen LogP contribution in [0.25, 0.3) is 0 Å². The average Bonchev–Trinajstić information content (AvgIpc) is 2.12. The van der Waals surface area contributed by atoms with Crippen LogP contribution in [0.4, 0.5) is 0 Å². The van der Waals surface area contributed by atoms with E-state index in [1.54, 1.807) is 0 Å². The van der Waals surface area contributed by atoms with Gasteiger partial charge in [0, 0.05) is 0 Å². The molecule has 1 atom stereocenters. The van der Waals surface area contributed by atoms with Crippen LogP contribution in [0.1, 0.15) is 52.4 Å². The zero-order valence-electron chi connectivity index (χ0n) is 8.14. The molecule has 0 radical (unpaired) electrons. The molecular weight excluding hydrogens is 150 g/mol. The number of nitriles is 1. The summed E-state index contributed by atoms with van der Waals surface area (Å²) >= 11 is 0. The minimum Gasteiger partial charge on any atom is -0.375 e. The number of aliphatic hydroxyl groups is 1. The minimum atomic E-state index is -1.06. The molecule has 0 saturated carbocycles. The van der Waals surface area contributed by atoms with Crippen LogP contribution >= 0.6 is 0 Å². The second-order valence-electron chi connectivity index (χ2n) is 3.31. The predicted octanol–water partition coefficient (Wildman–Crippen LogP) is 2.62. The molecule has 2 heteroatoms. The van der Waals surface area contributed by atoms with Gasteiger partial charge < -0.3 is 5.11 Å². The summed E-state index contributed by atoms with van der Waals surface area (Å²) in [5, 5.41) is 18.2. The van der Waals surface area contributed by atoms with E-state index in [9.17, 15) is 5.11 Å². The number of rotatable bonds is 6. The van der Waals surface area contributed by atoms with Crippen molar-refractivity contribution in [3.63, 3.8) is 0 Å². The summed E-state index contributed by atoms with van der Waals surface area (Å²) in [5.41, 5.74) is -1.06. The molecule has 0 aliphatic rings. The van der Waals surface area contributed by atoms with Gasteiger partial charge in [0.25, 0.3) is 0 Å². The molecule has 0 spiro atoms. The lowest BCUT2D eigenvalue weighted by Crippen LogP contribution is -2.24. The summed E-state index contributed by atoms with van der Waals surface area (Å²) < 4.78 is 0. The van der Waals surface area contributed by atoms with Gasteiger partial charge in [0.2, 0.25) is 0 Å². The van der Waals surface area contributed by atoms with Crippen molar-refractivity contribution in [1.82, 2.24) is 0 Å². The molecule has 0 aromatic heterocycles. The van der Waals surface area contributed by atoms with Crippen LogP contribution in [0.2, 0.25) is 0 Å². The Bertz CT molecular complexity index is 150. The Kier molecular flexibility index (Phi) is 5.74. The van der Waals surface area contributed by atoms with Gasteiger partial charge >= 0.3 is 0 Å². The number of hydrogen-bond acceptors (Lipinski definition) is 2. The largest absolute Gasteiger partial charge is 0.375 e. The van der Waals surface area contributed by atoms with Gasteiger partial charge in [-0.1, -0.05) is 33.1 Å². The number of nitrogens with zero attached hydrogens (tertiary/aromatic N) is 1. The summed E-state index contributed by atoms with van der Waals surface area (Å²) in [7, 11) is 0. The Morgan fingerprint density at radius 1 is 1.25 bits per heavy atom. The maximum absolute atomic E-state index is 9.57. The maximum Gasteiger partial charge on any atom is 0.150 e. The third-order valence-corrected chi connectivity index (χ3v) is 2.24. The van der Waals surface area contributed by atoms with Crippen molar-refractivity contribution >= 4 is 0 Å². The highest BCUT2D eigenvalue weighted by Crippen LogP contribution is 2.17. The highest BCUT2D eigenvalue weighted by atomic mass is 16.3. The van der Waals surface area contributed by atoms with E-state index in [2.05, 4.69) is 6.92 Å². The highest BCUT2D eigenvalue weighted by molar-refractivity contribution is 4.98. The molecule has 2 nitrogen and oxygen atoms in total. The number of unbranched alkanes of at least 4 members (excludes halogenated alkanes) is 3. The Hall–Kier alpha value is -0.550. The number of hydrogen-bond donors (Lipinski definition) is 1. The minimum absolute atomic E-state index is 0.537. The third-order valence-electron chi connectivity index (χ3n) is 2.24. The quantitative estimate of drug-likeness (QED) is 0.490. The van der Waals surface area contributed by atoms with Crippen LogP contribution in [-0.4, -0.2) is 10.7 Å². The van der Waals surface area contributed by atoms with Gasteiger partial charge in [0.05, 0.1) is 6.07 Å². The molecule has 0 saturated heterocycles. The van der Waals surface area contributed by atoms with E-state index in [1.807, 2.05) is 13.0 Å². The monoisotopic (exact) mass is 169 g/mol. The van der Waals surface area contributed by atoms with Crippen molar-refractivity contribution in [3.8, 4) is 6.07 Å². The van der Waals surface area contributed by atoms with Crippen LogP contribution < -0.4 is 0 Å². The van der Waals surface area contributed by atoms with Gasteiger partial charge in [-0.3, -0.25) is 0 Å². The van der Waals surface area contributed by atoms with Gasteiger partial charge in [-0.15, -0.1) is 0 Å². The van der Waals surface area contributed by atoms with Gasteiger partial charge in [-0.2, -0.15) is 5.26 Å². The van der Waals surface area contributed by atoms with Crippen molar-refractivity contribution in [1.29, 1.82) is 5.26 Å². The topological polar surface area (TPSA) is 44.0 Å².